The standard InChI is InChI=1S/C22H22N4O3/c1-16-8-14-29-21(16)22(28)26-11-4-10-25(12-13-26)19-7-2-6-18(24-19)20(27)17-5-3-9-23-15-17/h2-3,5-9,14-15H,4,10-13H2,1H3. The lowest BCUT2D eigenvalue weighted by Crippen LogP contribution is -2.35. The topological polar surface area (TPSA) is 79.5 Å². The predicted molar refractivity (Wildman–Crippen MR) is 108 cm³/mol. The van der Waals surface area contributed by atoms with Crippen LogP contribution in [-0.4, -0.2) is 52.7 Å². The van der Waals surface area contributed by atoms with Crippen molar-refractivity contribution >= 4 is 17.5 Å². The van der Waals surface area contributed by atoms with Gasteiger partial charge in [0.25, 0.3) is 5.91 Å². The van der Waals surface area contributed by atoms with Crippen LogP contribution in [0.1, 0.15) is 38.6 Å². The van der Waals surface area contributed by atoms with E-state index in [0.29, 0.717) is 36.7 Å². The number of hydrogen-bond acceptors (Lipinski definition) is 6. The molecule has 1 amide bonds. The number of pyridine rings is 2. The smallest absolute Gasteiger partial charge is 0.289 e. The van der Waals surface area contributed by atoms with Crippen molar-refractivity contribution in [1.29, 1.82) is 0 Å². The van der Waals surface area contributed by atoms with Crippen LogP contribution in [-0.2, 0) is 0 Å². The summed E-state index contributed by atoms with van der Waals surface area (Å²) in [6, 6.07) is 10.7. The van der Waals surface area contributed by atoms with Gasteiger partial charge in [-0.05, 0) is 43.7 Å². The van der Waals surface area contributed by atoms with E-state index in [0.717, 1.165) is 24.3 Å². The van der Waals surface area contributed by atoms with Crippen LogP contribution in [0.3, 0.4) is 0 Å². The number of aromatic nitrogens is 2. The third-order valence-electron chi connectivity index (χ3n) is 5.05. The summed E-state index contributed by atoms with van der Waals surface area (Å²) in [7, 11) is 0. The normalized spacial score (nSPS) is 14.5. The van der Waals surface area contributed by atoms with Crippen molar-refractivity contribution in [1.82, 2.24) is 14.9 Å². The molecule has 1 saturated heterocycles. The predicted octanol–water partition coefficient (Wildman–Crippen LogP) is 2.96. The van der Waals surface area contributed by atoms with Gasteiger partial charge in [-0.1, -0.05) is 6.07 Å². The van der Waals surface area contributed by atoms with Crippen LogP contribution in [0.25, 0.3) is 0 Å². The first-order valence-electron chi connectivity index (χ1n) is 9.63. The van der Waals surface area contributed by atoms with Crippen LogP contribution in [0.4, 0.5) is 5.82 Å². The highest BCUT2D eigenvalue weighted by Crippen LogP contribution is 2.18. The number of hydrogen-bond donors (Lipinski definition) is 0. The molecule has 3 aromatic rings. The van der Waals surface area contributed by atoms with Crippen LogP contribution in [0.15, 0.2) is 59.5 Å². The van der Waals surface area contributed by atoms with Crippen molar-refractivity contribution in [3.8, 4) is 0 Å². The largest absolute Gasteiger partial charge is 0.459 e. The van der Waals surface area contributed by atoms with Crippen LogP contribution < -0.4 is 4.90 Å². The maximum atomic E-state index is 12.7. The Morgan fingerprint density at radius 2 is 1.93 bits per heavy atom. The molecule has 1 aliphatic heterocycles. The van der Waals surface area contributed by atoms with E-state index in [1.807, 2.05) is 24.0 Å². The molecule has 0 bridgehead atoms. The number of anilines is 1. The molecule has 4 heterocycles. The van der Waals surface area contributed by atoms with Gasteiger partial charge in [0, 0.05) is 49.7 Å². The van der Waals surface area contributed by atoms with Crippen LogP contribution >= 0.6 is 0 Å². The van der Waals surface area contributed by atoms with Crippen LogP contribution in [0.5, 0.6) is 0 Å². The molecule has 0 aromatic carbocycles. The maximum Gasteiger partial charge on any atom is 0.289 e. The Morgan fingerprint density at radius 3 is 2.69 bits per heavy atom. The van der Waals surface area contributed by atoms with Crippen molar-refractivity contribution < 1.29 is 14.0 Å². The number of nitrogens with zero attached hydrogens (tertiary/aromatic N) is 4. The van der Waals surface area contributed by atoms with Crippen LogP contribution in [0.2, 0.25) is 0 Å². The van der Waals surface area contributed by atoms with Gasteiger partial charge >= 0.3 is 0 Å². The molecule has 4 rings (SSSR count). The number of carbonyl (C=O) groups is 2. The monoisotopic (exact) mass is 390 g/mol. The Bertz CT molecular complexity index is 1020. The number of aryl methyl sites for hydroxylation is 1. The van der Waals surface area contributed by atoms with E-state index in [1.54, 1.807) is 42.9 Å². The minimum Gasteiger partial charge on any atom is -0.459 e. The molecule has 0 atom stereocenters. The lowest BCUT2D eigenvalue weighted by atomic mass is 10.1. The zero-order valence-corrected chi connectivity index (χ0v) is 16.2. The van der Waals surface area contributed by atoms with E-state index in [2.05, 4.69) is 14.9 Å². The first-order chi connectivity index (χ1) is 14.1. The van der Waals surface area contributed by atoms with Gasteiger partial charge in [-0.2, -0.15) is 0 Å². The first kappa shape index (κ1) is 18.9. The number of carbonyl (C=O) groups excluding carboxylic acids is 2. The van der Waals surface area contributed by atoms with Gasteiger partial charge in [-0.25, -0.2) is 4.98 Å². The second kappa shape index (κ2) is 8.26. The van der Waals surface area contributed by atoms with E-state index >= 15 is 0 Å². The molecule has 0 spiro atoms. The Labute approximate surface area is 169 Å². The quantitative estimate of drug-likeness (QED) is 0.637. The van der Waals surface area contributed by atoms with Crippen molar-refractivity contribution in [2.75, 3.05) is 31.1 Å². The molecule has 7 heteroatoms. The molecule has 0 saturated carbocycles. The van der Waals surface area contributed by atoms with Gasteiger partial charge in [-0.15, -0.1) is 0 Å². The second-order valence-corrected chi connectivity index (χ2v) is 7.02. The lowest BCUT2D eigenvalue weighted by molar-refractivity contribution is 0.0734. The van der Waals surface area contributed by atoms with Crippen molar-refractivity contribution in [2.45, 2.75) is 13.3 Å². The third-order valence-corrected chi connectivity index (χ3v) is 5.05. The van der Waals surface area contributed by atoms with E-state index in [4.69, 9.17) is 4.42 Å². The maximum absolute atomic E-state index is 12.7. The average Bonchev–Trinajstić information content (AvgIpc) is 3.04. The molecule has 3 aromatic heterocycles. The summed E-state index contributed by atoms with van der Waals surface area (Å²) in [5.41, 5.74) is 1.75. The van der Waals surface area contributed by atoms with E-state index in [9.17, 15) is 9.59 Å². The van der Waals surface area contributed by atoms with Crippen molar-refractivity contribution in [3.63, 3.8) is 0 Å². The minimum absolute atomic E-state index is 0.0807. The van der Waals surface area contributed by atoms with Gasteiger partial charge in [0.15, 0.2) is 5.76 Å². The first-order valence-corrected chi connectivity index (χ1v) is 9.63. The number of amides is 1. The molecule has 0 radical (unpaired) electrons. The summed E-state index contributed by atoms with van der Waals surface area (Å²) in [6.45, 7) is 4.50. The number of furan rings is 1. The summed E-state index contributed by atoms with van der Waals surface area (Å²) in [4.78, 5) is 37.9. The van der Waals surface area contributed by atoms with Crippen LogP contribution in [0, 0.1) is 6.92 Å². The lowest BCUT2D eigenvalue weighted by Gasteiger charge is -2.23. The zero-order valence-electron chi connectivity index (χ0n) is 16.2. The summed E-state index contributed by atoms with van der Waals surface area (Å²) < 4.78 is 5.36. The summed E-state index contributed by atoms with van der Waals surface area (Å²) in [6.07, 6.45) is 5.53. The van der Waals surface area contributed by atoms with E-state index in [-0.39, 0.29) is 11.7 Å². The van der Waals surface area contributed by atoms with Gasteiger partial charge < -0.3 is 14.2 Å². The molecular formula is C22H22N4O3. The fourth-order valence-electron chi connectivity index (χ4n) is 3.46. The highest BCUT2D eigenvalue weighted by atomic mass is 16.3. The SMILES string of the molecule is Cc1ccoc1C(=O)N1CCCN(c2cccc(C(=O)c3cccnc3)n2)CC1. The molecule has 1 fully saturated rings. The highest BCUT2D eigenvalue weighted by Gasteiger charge is 2.24. The Balaban J connectivity index is 1.48. The summed E-state index contributed by atoms with van der Waals surface area (Å²) in [5, 5.41) is 0. The average molecular weight is 390 g/mol. The number of ketones is 1. The molecule has 7 nitrogen and oxygen atoms in total. The second-order valence-electron chi connectivity index (χ2n) is 7.02. The molecule has 0 aliphatic carbocycles. The summed E-state index contributed by atoms with van der Waals surface area (Å²) in [5.74, 6) is 0.909. The number of rotatable bonds is 4. The molecule has 0 N–H and O–H groups in total. The molecular weight excluding hydrogens is 368 g/mol. The molecule has 1 aliphatic rings. The Kier molecular flexibility index (Phi) is 5.37. The minimum atomic E-state index is -0.153. The van der Waals surface area contributed by atoms with E-state index < -0.39 is 0 Å². The molecule has 0 unspecified atom stereocenters. The zero-order chi connectivity index (χ0) is 20.2. The molecule has 148 valence electrons. The fourth-order valence-corrected chi connectivity index (χ4v) is 3.46. The highest BCUT2D eigenvalue weighted by molar-refractivity contribution is 6.07. The van der Waals surface area contributed by atoms with E-state index in [1.165, 1.54) is 0 Å². The van der Waals surface area contributed by atoms with Gasteiger partial charge in [-0.3, -0.25) is 14.6 Å². The Morgan fingerprint density at radius 1 is 1.03 bits per heavy atom. The fraction of sp³-hybridized carbons (Fsp3) is 0.273. The van der Waals surface area contributed by atoms with Gasteiger partial charge in [0.1, 0.15) is 11.5 Å². The third kappa shape index (κ3) is 4.03. The van der Waals surface area contributed by atoms with Crippen molar-refractivity contribution in [2.24, 2.45) is 0 Å². The van der Waals surface area contributed by atoms with Gasteiger partial charge in [0.05, 0.1) is 6.26 Å². The van der Waals surface area contributed by atoms with Gasteiger partial charge in [0.2, 0.25) is 5.78 Å². The Hall–Kier alpha value is -3.48. The van der Waals surface area contributed by atoms with Crippen molar-refractivity contribution in [3.05, 3.63) is 77.6 Å². The molecule has 29 heavy (non-hydrogen) atoms. The summed E-state index contributed by atoms with van der Waals surface area (Å²) >= 11 is 0.